The van der Waals surface area contributed by atoms with Gasteiger partial charge >= 0.3 is 0 Å². The molecule has 1 aromatic rings. The summed E-state index contributed by atoms with van der Waals surface area (Å²) in [6, 6.07) is 7.74. The van der Waals surface area contributed by atoms with Crippen molar-refractivity contribution in [2.75, 3.05) is 19.6 Å². The van der Waals surface area contributed by atoms with Gasteiger partial charge in [-0.15, -0.1) is 12.4 Å². The van der Waals surface area contributed by atoms with Crippen LogP contribution in [0.4, 0.5) is 0 Å². The van der Waals surface area contributed by atoms with Crippen molar-refractivity contribution in [1.29, 1.82) is 0 Å². The van der Waals surface area contributed by atoms with Crippen LogP contribution in [0.25, 0.3) is 0 Å². The van der Waals surface area contributed by atoms with E-state index in [1.54, 1.807) is 0 Å². The molecule has 1 fully saturated rings. The fourth-order valence-electron chi connectivity index (χ4n) is 3.02. The van der Waals surface area contributed by atoms with Crippen molar-refractivity contribution in [2.24, 2.45) is 11.8 Å². The van der Waals surface area contributed by atoms with Gasteiger partial charge in [0.1, 0.15) is 11.9 Å². The van der Waals surface area contributed by atoms with E-state index in [-0.39, 0.29) is 24.4 Å². The molecule has 1 heterocycles. The monoisotopic (exact) mass is 418 g/mol. The Hall–Kier alpha value is -0.780. The molecule has 2 unspecified atom stereocenters. The minimum Gasteiger partial charge on any atom is -0.489 e. The predicted octanol–water partition coefficient (Wildman–Crippen LogP) is 3.78. The van der Waals surface area contributed by atoms with Gasteiger partial charge in [-0.25, -0.2) is 0 Å². The van der Waals surface area contributed by atoms with Crippen molar-refractivity contribution in [3.8, 4) is 5.75 Å². The zero-order valence-corrected chi connectivity index (χ0v) is 16.8. The Balaban J connectivity index is 0.00000288. The summed E-state index contributed by atoms with van der Waals surface area (Å²) in [5.74, 6) is 2.04. The summed E-state index contributed by atoms with van der Waals surface area (Å²) in [6.45, 7) is 6.85. The highest BCUT2D eigenvalue weighted by molar-refractivity contribution is 9.10. The largest absolute Gasteiger partial charge is 0.489 e. The molecule has 2 N–H and O–H groups in total. The lowest BCUT2D eigenvalue weighted by Gasteiger charge is -2.28. The van der Waals surface area contributed by atoms with Gasteiger partial charge in [-0.2, -0.15) is 0 Å². The number of carbonyl (C=O) groups is 1. The first-order valence-electron chi connectivity index (χ1n) is 8.44. The van der Waals surface area contributed by atoms with E-state index in [4.69, 9.17) is 4.74 Å². The first-order valence-corrected chi connectivity index (χ1v) is 9.23. The molecule has 24 heavy (non-hydrogen) atoms. The third-order valence-electron chi connectivity index (χ3n) is 4.42. The standard InChI is InChI=1S/C18H27BrN2O2.ClH/c1-13(15-6-8-20-9-7-15)10-18(22)21-12-14(2)23-17-5-3-4-16(19)11-17;/h3-5,11,13-15,20H,6-10,12H2,1-2H3,(H,21,22);1H. The van der Waals surface area contributed by atoms with E-state index in [9.17, 15) is 4.79 Å². The fourth-order valence-corrected chi connectivity index (χ4v) is 3.39. The Morgan fingerprint density at radius 1 is 1.38 bits per heavy atom. The summed E-state index contributed by atoms with van der Waals surface area (Å²) >= 11 is 3.42. The number of ether oxygens (including phenoxy) is 1. The number of nitrogens with one attached hydrogen (secondary N) is 2. The third kappa shape index (κ3) is 7.41. The molecule has 1 saturated heterocycles. The molecule has 0 saturated carbocycles. The van der Waals surface area contributed by atoms with Gasteiger partial charge in [0, 0.05) is 10.9 Å². The van der Waals surface area contributed by atoms with Crippen LogP contribution in [0.15, 0.2) is 28.7 Å². The second-order valence-electron chi connectivity index (χ2n) is 6.46. The number of hydrogen-bond acceptors (Lipinski definition) is 3. The molecule has 136 valence electrons. The topological polar surface area (TPSA) is 50.4 Å². The number of carbonyl (C=O) groups excluding carboxylic acids is 1. The molecule has 0 radical (unpaired) electrons. The van der Waals surface area contributed by atoms with E-state index in [1.807, 2.05) is 31.2 Å². The maximum Gasteiger partial charge on any atom is 0.220 e. The third-order valence-corrected chi connectivity index (χ3v) is 4.91. The highest BCUT2D eigenvalue weighted by Gasteiger charge is 2.22. The second-order valence-corrected chi connectivity index (χ2v) is 7.37. The van der Waals surface area contributed by atoms with Gasteiger partial charge in [0.25, 0.3) is 0 Å². The van der Waals surface area contributed by atoms with E-state index >= 15 is 0 Å². The van der Waals surface area contributed by atoms with Gasteiger partial charge in [0.15, 0.2) is 0 Å². The van der Waals surface area contributed by atoms with Gasteiger partial charge in [-0.05, 0) is 62.9 Å². The van der Waals surface area contributed by atoms with Crippen LogP contribution in [0.5, 0.6) is 5.75 Å². The van der Waals surface area contributed by atoms with E-state index in [2.05, 4.69) is 33.5 Å². The van der Waals surface area contributed by atoms with E-state index in [0.717, 1.165) is 23.3 Å². The average molecular weight is 420 g/mol. The SMILES string of the molecule is CC(CNC(=O)CC(C)C1CCNCC1)Oc1cccc(Br)c1.Cl. The minimum absolute atomic E-state index is 0. The molecule has 0 spiro atoms. The van der Waals surface area contributed by atoms with Crippen LogP contribution in [0.3, 0.4) is 0 Å². The Morgan fingerprint density at radius 3 is 2.75 bits per heavy atom. The van der Waals surface area contributed by atoms with Crippen molar-refractivity contribution >= 4 is 34.2 Å². The number of amides is 1. The maximum atomic E-state index is 12.1. The summed E-state index contributed by atoms with van der Waals surface area (Å²) in [7, 11) is 0. The summed E-state index contributed by atoms with van der Waals surface area (Å²) in [5.41, 5.74) is 0. The summed E-state index contributed by atoms with van der Waals surface area (Å²) in [6.07, 6.45) is 2.91. The van der Waals surface area contributed by atoms with Crippen molar-refractivity contribution in [3.05, 3.63) is 28.7 Å². The summed E-state index contributed by atoms with van der Waals surface area (Å²) in [5, 5.41) is 6.37. The maximum absolute atomic E-state index is 12.1. The molecule has 1 aromatic carbocycles. The van der Waals surface area contributed by atoms with Crippen LogP contribution >= 0.6 is 28.3 Å². The molecule has 1 amide bonds. The van der Waals surface area contributed by atoms with E-state index in [0.29, 0.717) is 24.8 Å². The summed E-state index contributed by atoms with van der Waals surface area (Å²) in [4.78, 5) is 12.1. The van der Waals surface area contributed by atoms with E-state index < -0.39 is 0 Å². The lowest BCUT2D eigenvalue weighted by molar-refractivity contribution is -0.122. The molecule has 6 heteroatoms. The number of hydrogen-bond donors (Lipinski definition) is 2. The Bertz CT molecular complexity index is 510. The van der Waals surface area contributed by atoms with Crippen molar-refractivity contribution in [2.45, 2.75) is 39.2 Å². The van der Waals surface area contributed by atoms with Gasteiger partial charge in [0.05, 0.1) is 6.54 Å². The molecular weight excluding hydrogens is 392 g/mol. The number of benzene rings is 1. The molecule has 4 nitrogen and oxygen atoms in total. The molecular formula is C18H28BrClN2O2. The van der Waals surface area contributed by atoms with Gasteiger partial charge in [-0.1, -0.05) is 28.9 Å². The number of piperidine rings is 1. The van der Waals surface area contributed by atoms with Crippen LogP contribution in [0.1, 0.15) is 33.1 Å². The highest BCUT2D eigenvalue weighted by Crippen LogP contribution is 2.24. The smallest absolute Gasteiger partial charge is 0.220 e. The second kappa shape index (κ2) is 11.0. The molecule has 2 atom stereocenters. The predicted molar refractivity (Wildman–Crippen MR) is 104 cm³/mol. The quantitative estimate of drug-likeness (QED) is 0.707. The molecule has 1 aliphatic heterocycles. The normalized spacial score (nSPS) is 17.5. The zero-order chi connectivity index (χ0) is 16.7. The molecule has 1 aliphatic rings. The summed E-state index contributed by atoms with van der Waals surface area (Å²) < 4.78 is 6.80. The van der Waals surface area contributed by atoms with Gasteiger partial charge in [0.2, 0.25) is 5.91 Å². The highest BCUT2D eigenvalue weighted by atomic mass is 79.9. The van der Waals surface area contributed by atoms with Crippen LogP contribution in [-0.4, -0.2) is 31.6 Å². The first kappa shape index (κ1) is 21.3. The Kier molecular flexibility index (Phi) is 9.71. The van der Waals surface area contributed by atoms with Gasteiger partial charge < -0.3 is 15.4 Å². The lowest BCUT2D eigenvalue weighted by atomic mass is 9.84. The van der Waals surface area contributed by atoms with Crippen LogP contribution < -0.4 is 15.4 Å². The molecule has 0 bridgehead atoms. The Labute approximate surface area is 159 Å². The van der Waals surface area contributed by atoms with Crippen molar-refractivity contribution in [3.63, 3.8) is 0 Å². The number of rotatable bonds is 7. The van der Waals surface area contributed by atoms with E-state index in [1.165, 1.54) is 12.8 Å². The van der Waals surface area contributed by atoms with Crippen LogP contribution in [0, 0.1) is 11.8 Å². The van der Waals surface area contributed by atoms with Gasteiger partial charge in [-0.3, -0.25) is 4.79 Å². The fraction of sp³-hybridized carbons (Fsp3) is 0.611. The Morgan fingerprint density at radius 2 is 2.08 bits per heavy atom. The first-order chi connectivity index (χ1) is 11.0. The van der Waals surface area contributed by atoms with Crippen LogP contribution in [0.2, 0.25) is 0 Å². The van der Waals surface area contributed by atoms with Crippen LogP contribution in [-0.2, 0) is 4.79 Å². The van der Waals surface area contributed by atoms with Crippen molar-refractivity contribution in [1.82, 2.24) is 10.6 Å². The molecule has 2 rings (SSSR count). The zero-order valence-electron chi connectivity index (χ0n) is 14.4. The lowest BCUT2D eigenvalue weighted by Crippen LogP contribution is -2.36. The molecule has 0 aliphatic carbocycles. The average Bonchev–Trinajstić information content (AvgIpc) is 2.54. The number of halogens is 2. The molecule has 0 aromatic heterocycles. The minimum atomic E-state index is -0.0533. The van der Waals surface area contributed by atoms with Crippen molar-refractivity contribution < 1.29 is 9.53 Å².